The van der Waals surface area contributed by atoms with Crippen molar-refractivity contribution in [1.82, 2.24) is 0 Å². The number of hydrogen-bond acceptors (Lipinski definition) is 2. The van der Waals surface area contributed by atoms with E-state index in [0.29, 0.717) is 21.8 Å². The van der Waals surface area contributed by atoms with E-state index in [9.17, 15) is 4.79 Å². The van der Waals surface area contributed by atoms with Crippen LogP contribution >= 0.6 is 11.6 Å². The molecule has 0 saturated carbocycles. The van der Waals surface area contributed by atoms with Crippen LogP contribution in [0.4, 0.5) is 5.69 Å². The summed E-state index contributed by atoms with van der Waals surface area (Å²) in [6.45, 7) is 2.03. The molecule has 3 rings (SSSR count). The van der Waals surface area contributed by atoms with E-state index in [2.05, 4.69) is 0 Å². The number of carbonyl (C=O) groups is 1. The lowest BCUT2D eigenvalue weighted by atomic mass is 9.95. The second-order valence-corrected chi connectivity index (χ2v) is 5.45. The zero-order valence-electron chi connectivity index (χ0n) is 11.6. The summed E-state index contributed by atoms with van der Waals surface area (Å²) in [5.41, 5.74) is 8.50. The highest BCUT2D eigenvalue weighted by atomic mass is 35.5. The van der Waals surface area contributed by atoms with Crippen molar-refractivity contribution >= 4 is 33.8 Å². The molecule has 0 aliphatic rings. The lowest BCUT2D eigenvalue weighted by Crippen LogP contribution is -2.04. The van der Waals surface area contributed by atoms with Crippen LogP contribution in [0.3, 0.4) is 0 Å². The summed E-state index contributed by atoms with van der Waals surface area (Å²) >= 11 is 6.16. The first-order valence-corrected chi connectivity index (χ1v) is 7.04. The van der Waals surface area contributed by atoms with Crippen molar-refractivity contribution in [3.63, 3.8) is 0 Å². The van der Waals surface area contributed by atoms with Gasteiger partial charge in [-0.15, -0.1) is 0 Å². The lowest BCUT2D eigenvalue weighted by Gasteiger charge is -2.09. The Bertz CT molecular complexity index is 855. The number of aryl methyl sites for hydroxylation is 1. The van der Waals surface area contributed by atoms with Crippen molar-refractivity contribution in [2.75, 3.05) is 5.73 Å². The maximum atomic E-state index is 12.8. The van der Waals surface area contributed by atoms with Crippen LogP contribution < -0.4 is 5.73 Å². The number of rotatable bonds is 2. The van der Waals surface area contributed by atoms with Crippen molar-refractivity contribution in [3.8, 4) is 0 Å². The summed E-state index contributed by atoms with van der Waals surface area (Å²) < 4.78 is 0. The zero-order valence-corrected chi connectivity index (χ0v) is 12.3. The molecule has 0 amide bonds. The number of halogens is 1. The van der Waals surface area contributed by atoms with Crippen LogP contribution in [0.2, 0.25) is 5.02 Å². The van der Waals surface area contributed by atoms with E-state index >= 15 is 0 Å². The van der Waals surface area contributed by atoms with Gasteiger partial charge in [0, 0.05) is 16.8 Å². The summed E-state index contributed by atoms with van der Waals surface area (Å²) in [6.07, 6.45) is 0. The van der Waals surface area contributed by atoms with E-state index < -0.39 is 0 Å². The summed E-state index contributed by atoms with van der Waals surface area (Å²) in [6, 6.07) is 16.7. The Morgan fingerprint density at radius 3 is 2.33 bits per heavy atom. The van der Waals surface area contributed by atoms with Crippen LogP contribution in [0, 0.1) is 6.92 Å². The molecule has 3 aromatic carbocycles. The average molecular weight is 296 g/mol. The van der Waals surface area contributed by atoms with E-state index in [0.717, 1.165) is 16.3 Å². The Hall–Kier alpha value is -2.32. The fourth-order valence-electron chi connectivity index (χ4n) is 2.51. The van der Waals surface area contributed by atoms with Crippen molar-refractivity contribution in [2.24, 2.45) is 0 Å². The highest BCUT2D eigenvalue weighted by molar-refractivity contribution is 6.35. The normalized spacial score (nSPS) is 10.8. The van der Waals surface area contributed by atoms with Gasteiger partial charge in [0.2, 0.25) is 0 Å². The number of carbonyl (C=O) groups excluding carboxylic acids is 1. The highest BCUT2D eigenvalue weighted by Gasteiger charge is 2.16. The first-order chi connectivity index (χ1) is 10.1. The van der Waals surface area contributed by atoms with Gasteiger partial charge in [-0.2, -0.15) is 0 Å². The van der Waals surface area contributed by atoms with E-state index in [4.69, 9.17) is 17.3 Å². The summed E-state index contributed by atoms with van der Waals surface area (Å²) in [5, 5.41) is 2.40. The molecule has 0 fully saturated rings. The van der Waals surface area contributed by atoms with Crippen LogP contribution in [0.25, 0.3) is 10.8 Å². The van der Waals surface area contributed by atoms with Crippen molar-refractivity contribution in [3.05, 3.63) is 76.3 Å². The van der Waals surface area contributed by atoms with E-state index in [-0.39, 0.29) is 5.78 Å². The lowest BCUT2D eigenvalue weighted by molar-refractivity contribution is 0.104. The van der Waals surface area contributed by atoms with Gasteiger partial charge < -0.3 is 5.73 Å². The minimum atomic E-state index is -0.0869. The van der Waals surface area contributed by atoms with E-state index in [1.807, 2.05) is 43.3 Å². The van der Waals surface area contributed by atoms with Gasteiger partial charge in [-0.3, -0.25) is 4.79 Å². The quantitative estimate of drug-likeness (QED) is 0.554. The largest absolute Gasteiger partial charge is 0.399 e. The van der Waals surface area contributed by atoms with E-state index in [1.54, 1.807) is 18.2 Å². The molecule has 0 saturated heterocycles. The van der Waals surface area contributed by atoms with Crippen LogP contribution in [0.5, 0.6) is 0 Å². The molecule has 104 valence electrons. The summed E-state index contributed by atoms with van der Waals surface area (Å²) in [5.74, 6) is -0.0869. The van der Waals surface area contributed by atoms with Gasteiger partial charge in [-0.05, 0) is 41.5 Å². The Balaban J connectivity index is 2.21. The van der Waals surface area contributed by atoms with Gasteiger partial charge >= 0.3 is 0 Å². The molecule has 0 radical (unpaired) electrons. The van der Waals surface area contributed by atoms with Gasteiger partial charge in [0.25, 0.3) is 0 Å². The van der Waals surface area contributed by atoms with Crippen LogP contribution in [-0.2, 0) is 0 Å². The second-order valence-electron chi connectivity index (χ2n) is 5.04. The predicted octanol–water partition coefficient (Wildman–Crippen LogP) is 4.61. The number of ketones is 1. The molecule has 0 unspecified atom stereocenters. The maximum absolute atomic E-state index is 12.8. The van der Waals surface area contributed by atoms with Crippen molar-refractivity contribution in [1.29, 1.82) is 0 Å². The van der Waals surface area contributed by atoms with Crippen LogP contribution in [-0.4, -0.2) is 5.78 Å². The molecule has 21 heavy (non-hydrogen) atoms. The first-order valence-electron chi connectivity index (χ1n) is 6.66. The Morgan fingerprint density at radius 2 is 1.62 bits per heavy atom. The molecule has 0 heterocycles. The standard InChI is InChI=1S/C18H14ClNO/c1-11-6-8-15(14-5-3-2-4-13(11)14)18(21)16-9-7-12(20)10-17(16)19/h2-10H,20H2,1H3. The third-order valence-electron chi connectivity index (χ3n) is 3.62. The van der Waals surface area contributed by atoms with Crippen molar-refractivity contribution < 1.29 is 4.79 Å². The van der Waals surface area contributed by atoms with Gasteiger partial charge in [0.05, 0.1) is 5.02 Å². The molecule has 0 aliphatic heterocycles. The minimum absolute atomic E-state index is 0.0869. The number of nitrogen functional groups attached to an aromatic ring is 1. The number of hydrogen-bond donors (Lipinski definition) is 1. The molecule has 2 nitrogen and oxygen atoms in total. The number of anilines is 1. The van der Waals surface area contributed by atoms with Gasteiger partial charge in [0.1, 0.15) is 0 Å². The Kier molecular flexibility index (Phi) is 3.40. The number of fused-ring (bicyclic) bond motifs is 1. The van der Waals surface area contributed by atoms with Crippen LogP contribution in [0.1, 0.15) is 21.5 Å². The predicted molar refractivity (Wildman–Crippen MR) is 88.0 cm³/mol. The molecule has 0 aliphatic carbocycles. The third-order valence-corrected chi connectivity index (χ3v) is 3.94. The molecule has 3 aromatic rings. The fraction of sp³-hybridized carbons (Fsp3) is 0.0556. The van der Waals surface area contributed by atoms with Gasteiger partial charge in [-0.1, -0.05) is 48.0 Å². The maximum Gasteiger partial charge on any atom is 0.195 e. The molecule has 0 aromatic heterocycles. The minimum Gasteiger partial charge on any atom is -0.399 e. The van der Waals surface area contributed by atoms with Gasteiger partial charge in [-0.25, -0.2) is 0 Å². The molecular formula is C18H14ClNO. The number of nitrogens with two attached hydrogens (primary N) is 1. The molecule has 0 atom stereocenters. The first kappa shape index (κ1) is 13.7. The monoisotopic (exact) mass is 295 g/mol. The Labute approximate surface area is 128 Å². The SMILES string of the molecule is Cc1ccc(C(=O)c2ccc(N)cc2Cl)c2ccccc12. The van der Waals surface area contributed by atoms with E-state index in [1.165, 1.54) is 0 Å². The molecular weight excluding hydrogens is 282 g/mol. The second kappa shape index (κ2) is 5.23. The van der Waals surface area contributed by atoms with Gasteiger partial charge in [0.15, 0.2) is 5.78 Å². The smallest absolute Gasteiger partial charge is 0.195 e. The summed E-state index contributed by atoms with van der Waals surface area (Å²) in [7, 11) is 0. The molecule has 0 bridgehead atoms. The molecule has 0 spiro atoms. The zero-order chi connectivity index (χ0) is 15.0. The number of benzene rings is 3. The topological polar surface area (TPSA) is 43.1 Å². The highest BCUT2D eigenvalue weighted by Crippen LogP contribution is 2.27. The summed E-state index contributed by atoms with van der Waals surface area (Å²) in [4.78, 5) is 12.8. The molecule has 3 heteroatoms. The van der Waals surface area contributed by atoms with Crippen molar-refractivity contribution in [2.45, 2.75) is 6.92 Å². The Morgan fingerprint density at radius 1 is 0.952 bits per heavy atom. The third kappa shape index (κ3) is 2.39. The van der Waals surface area contributed by atoms with Crippen LogP contribution in [0.15, 0.2) is 54.6 Å². The fourth-order valence-corrected chi connectivity index (χ4v) is 2.78. The molecule has 2 N–H and O–H groups in total. The average Bonchev–Trinajstić information content (AvgIpc) is 2.47.